The summed E-state index contributed by atoms with van der Waals surface area (Å²) in [5.74, 6) is 1.69. The average molecular weight is 471 g/mol. The minimum atomic E-state index is -0.468. The molecule has 7 heteroatoms. The van der Waals surface area contributed by atoms with E-state index in [0.29, 0.717) is 29.5 Å². The quantitative estimate of drug-likeness (QED) is 0.544. The maximum absolute atomic E-state index is 13.8. The van der Waals surface area contributed by atoms with Crippen LogP contribution in [0.1, 0.15) is 58.1 Å². The number of carbonyl (C=O) groups is 2. The van der Waals surface area contributed by atoms with Gasteiger partial charge in [0.2, 0.25) is 0 Å². The SMILES string of the molecule is CCN(CC)CCCN1C(=O)C2=C(C(=O)C3CC(C)CCC3O2)C1c1ccc(OC)c(OC)c1. The Hall–Kier alpha value is -2.54. The smallest absolute Gasteiger partial charge is 0.290 e. The van der Waals surface area contributed by atoms with Crippen LogP contribution < -0.4 is 9.47 Å². The lowest BCUT2D eigenvalue weighted by Crippen LogP contribution is -2.41. The summed E-state index contributed by atoms with van der Waals surface area (Å²) in [4.78, 5) is 31.6. The Morgan fingerprint density at radius 3 is 2.50 bits per heavy atom. The monoisotopic (exact) mass is 470 g/mol. The first-order valence-corrected chi connectivity index (χ1v) is 12.6. The second-order valence-electron chi connectivity index (χ2n) is 9.68. The van der Waals surface area contributed by atoms with Gasteiger partial charge in [0.25, 0.3) is 5.91 Å². The molecule has 1 aromatic rings. The first-order chi connectivity index (χ1) is 16.4. The first kappa shape index (κ1) is 24.6. The van der Waals surface area contributed by atoms with Crippen molar-refractivity contribution in [3.63, 3.8) is 0 Å². The second-order valence-corrected chi connectivity index (χ2v) is 9.68. The van der Waals surface area contributed by atoms with E-state index in [9.17, 15) is 9.59 Å². The molecule has 2 aliphatic heterocycles. The van der Waals surface area contributed by atoms with E-state index >= 15 is 0 Å². The third-order valence-corrected chi connectivity index (χ3v) is 7.70. The molecule has 0 radical (unpaired) electrons. The van der Waals surface area contributed by atoms with Gasteiger partial charge in [-0.3, -0.25) is 9.59 Å². The van der Waals surface area contributed by atoms with Crippen LogP contribution in [0.5, 0.6) is 11.5 Å². The lowest BCUT2D eigenvalue weighted by Gasteiger charge is -2.37. The molecule has 0 saturated heterocycles. The van der Waals surface area contributed by atoms with Crippen LogP contribution in [0.2, 0.25) is 0 Å². The fraction of sp³-hybridized carbons (Fsp3) is 0.630. The van der Waals surface area contributed by atoms with Gasteiger partial charge in [-0.25, -0.2) is 0 Å². The van der Waals surface area contributed by atoms with Gasteiger partial charge < -0.3 is 24.0 Å². The number of nitrogens with zero attached hydrogens (tertiary/aromatic N) is 2. The van der Waals surface area contributed by atoms with Crippen molar-refractivity contribution >= 4 is 11.7 Å². The molecule has 0 bridgehead atoms. The Labute approximate surface area is 203 Å². The second kappa shape index (κ2) is 10.4. The number of hydrogen-bond donors (Lipinski definition) is 0. The Bertz CT molecular complexity index is 954. The molecule has 0 aromatic heterocycles. The highest BCUT2D eigenvalue weighted by Crippen LogP contribution is 2.48. The van der Waals surface area contributed by atoms with E-state index in [0.717, 1.165) is 50.9 Å². The fourth-order valence-corrected chi connectivity index (χ4v) is 5.73. The van der Waals surface area contributed by atoms with Gasteiger partial charge >= 0.3 is 0 Å². The van der Waals surface area contributed by atoms with Gasteiger partial charge in [-0.15, -0.1) is 0 Å². The largest absolute Gasteiger partial charge is 0.493 e. The highest BCUT2D eigenvalue weighted by atomic mass is 16.5. The molecule has 0 N–H and O–H groups in total. The number of rotatable bonds is 9. The number of benzene rings is 1. The number of ether oxygens (including phenoxy) is 3. The van der Waals surface area contributed by atoms with Gasteiger partial charge in [0.1, 0.15) is 6.10 Å². The molecule has 34 heavy (non-hydrogen) atoms. The summed E-state index contributed by atoms with van der Waals surface area (Å²) in [7, 11) is 3.19. The lowest BCUT2D eigenvalue weighted by atomic mass is 9.74. The molecular formula is C27H38N2O5. The van der Waals surface area contributed by atoms with E-state index in [1.54, 1.807) is 14.2 Å². The van der Waals surface area contributed by atoms with Gasteiger partial charge in [-0.05, 0) is 68.9 Å². The first-order valence-electron chi connectivity index (χ1n) is 12.6. The normalized spacial score (nSPS) is 26.5. The Balaban J connectivity index is 1.70. The molecule has 186 valence electrons. The molecule has 1 aliphatic carbocycles. The van der Waals surface area contributed by atoms with Gasteiger partial charge in [0.05, 0.1) is 31.8 Å². The van der Waals surface area contributed by atoms with Gasteiger partial charge in [0, 0.05) is 6.54 Å². The number of ketones is 1. The number of methoxy groups -OCH3 is 2. The minimum absolute atomic E-state index is 0.0807. The Morgan fingerprint density at radius 1 is 1.09 bits per heavy atom. The molecule has 3 aliphatic rings. The summed E-state index contributed by atoms with van der Waals surface area (Å²) in [6.45, 7) is 9.89. The summed E-state index contributed by atoms with van der Waals surface area (Å²) < 4.78 is 17.2. The predicted molar refractivity (Wildman–Crippen MR) is 130 cm³/mol. The zero-order valence-corrected chi connectivity index (χ0v) is 21.1. The predicted octanol–water partition coefficient (Wildman–Crippen LogP) is 3.98. The van der Waals surface area contributed by atoms with Crippen molar-refractivity contribution in [1.82, 2.24) is 9.80 Å². The van der Waals surface area contributed by atoms with E-state index in [1.165, 1.54) is 0 Å². The zero-order chi connectivity index (χ0) is 24.4. The van der Waals surface area contributed by atoms with E-state index < -0.39 is 6.04 Å². The molecule has 0 spiro atoms. The third kappa shape index (κ3) is 4.42. The van der Waals surface area contributed by atoms with E-state index in [4.69, 9.17) is 14.2 Å². The van der Waals surface area contributed by atoms with Gasteiger partial charge in [-0.1, -0.05) is 26.8 Å². The fourth-order valence-electron chi connectivity index (χ4n) is 5.73. The standard InChI is InChI=1S/C27H38N2O5/c1-6-28(7-2)13-8-14-29-24(18-10-12-21(32-4)22(16-18)33-5)23-25(30)19-15-17(3)9-11-20(19)34-26(23)27(29)31/h10,12,16-17,19-20,24H,6-9,11,13-15H2,1-5H3. The van der Waals surface area contributed by atoms with Crippen LogP contribution in [0, 0.1) is 11.8 Å². The van der Waals surface area contributed by atoms with Crippen LogP contribution in [0.4, 0.5) is 0 Å². The average Bonchev–Trinajstić information content (AvgIpc) is 3.13. The number of fused-ring (bicyclic) bond motifs is 1. The van der Waals surface area contributed by atoms with Crippen molar-refractivity contribution < 1.29 is 23.8 Å². The van der Waals surface area contributed by atoms with Crippen LogP contribution in [0.3, 0.4) is 0 Å². The lowest BCUT2D eigenvalue weighted by molar-refractivity contribution is -0.136. The van der Waals surface area contributed by atoms with Gasteiger partial charge in [0.15, 0.2) is 23.0 Å². The van der Waals surface area contributed by atoms with Crippen LogP contribution in [0.25, 0.3) is 0 Å². The number of carbonyl (C=O) groups excluding carboxylic acids is 2. The topological polar surface area (TPSA) is 68.3 Å². The van der Waals surface area contributed by atoms with E-state index in [1.807, 2.05) is 23.1 Å². The minimum Gasteiger partial charge on any atom is -0.493 e. The summed E-state index contributed by atoms with van der Waals surface area (Å²) >= 11 is 0. The van der Waals surface area contributed by atoms with Crippen molar-refractivity contribution in [2.75, 3.05) is 40.4 Å². The molecule has 1 saturated carbocycles. The van der Waals surface area contributed by atoms with Crippen molar-refractivity contribution in [3.05, 3.63) is 35.1 Å². The summed E-state index contributed by atoms with van der Waals surface area (Å²) in [5.41, 5.74) is 1.37. The Kier molecular flexibility index (Phi) is 7.51. The highest BCUT2D eigenvalue weighted by Gasteiger charge is 2.52. The summed E-state index contributed by atoms with van der Waals surface area (Å²) in [6, 6.07) is 5.18. The van der Waals surface area contributed by atoms with Crippen LogP contribution in [-0.4, -0.2) is 68.0 Å². The Morgan fingerprint density at radius 2 is 1.82 bits per heavy atom. The van der Waals surface area contributed by atoms with Crippen LogP contribution in [0.15, 0.2) is 29.5 Å². The molecule has 4 atom stereocenters. The number of hydrogen-bond acceptors (Lipinski definition) is 6. The third-order valence-electron chi connectivity index (χ3n) is 7.70. The van der Waals surface area contributed by atoms with Crippen molar-refractivity contribution in [2.45, 2.75) is 58.6 Å². The maximum Gasteiger partial charge on any atom is 0.290 e. The molecule has 1 aromatic carbocycles. The van der Waals surface area contributed by atoms with Crippen molar-refractivity contribution in [2.24, 2.45) is 11.8 Å². The number of Topliss-reactive ketones (excluding diaryl/α,β-unsaturated/α-hetero) is 1. The summed E-state index contributed by atoms with van der Waals surface area (Å²) in [6.07, 6.45) is 3.31. The molecule has 4 unspecified atom stereocenters. The molecule has 1 amide bonds. The van der Waals surface area contributed by atoms with E-state index in [2.05, 4.69) is 25.7 Å². The number of amides is 1. The highest BCUT2D eigenvalue weighted by molar-refractivity contribution is 6.11. The molecule has 2 heterocycles. The molecule has 1 fully saturated rings. The zero-order valence-electron chi connectivity index (χ0n) is 21.1. The summed E-state index contributed by atoms with van der Waals surface area (Å²) in [5, 5.41) is 0. The van der Waals surface area contributed by atoms with Gasteiger partial charge in [-0.2, -0.15) is 0 Å². The van der Waals surface area contributed by atoms with Crippen LogP contribution in [-0.2, 0) is 14.3 Å². The van der Waals surface area contributed by atoms with E-state index in [-0.39, 0.29) is 29.5 Å². The molecular weight excluding hydrogens is 432 g/mol. The van der Waals surface area contributed by atoms with Crippen molar-refractivity contribution in [1.29, 1.82) is 0 Å². The molecule has 7 nitrogen and oxygen atoms in total. The van der Waals surface area contributed by atoms with Crippen LogP contribution >= 0.6 is 0 Å². The van der Waals surface area contributed by atoms with Crippen molar-refractivity contribution in [3.8, 4) is 11.5 Å². The molecule has 4 rings (SSSR count). The maximum atomic E-state index is 13.8.